The van der Waals surface area contributed by atoms with E-state index in [4.69, 9.17) is 16.9 Å². The first-order valence-corrected chi connectivity index (χ1v) is 6.73. The molecule has 2 nitrogen and oxygen atoms in total. The monoisotopic (exact) mass is 262 g/mol. The number of rotatable bonds is 3. The molecule has 0 radical (unpaired) electrons. The predicted octanol–water partition coefficient (Wildman–Crippen LogP) is 3.71. The fourth-order valence-electron chi connectivity index (χ4n) is 2.74. The van der Waals surface area contributed by atoms with Crippen molar-refractivity contribution in [3.05, 3.63) is 34.3 Å². The van der Waals surface area contributed by atoms with Crippen molar-refractivity contribution >= 4 is 11.6 Å². The maximum atomic E-state index is 8.87. The third-order valence-corrected chi connectivity index (χ3v) is 3.93. The highest BCUT2D eigenvalue weighted by Gasteiger charge is 2.38. The van der Waals surface area contributed by atoms with Crippen molar-refractivity contribution in [2.75, 3.05) is 6.54 Å². The first kappa shape index (κ1) is 13.4. The van der Waals surface area contributed by atoms with Gasteiger partial charge in [0.25, 0.3) is 0 Å². The molecule has 0 aliphatic heterocycles. The molecule has 2 atom stereocenters. The first-order valence-electron chi connectivity index (χ1n) is 6.35. The van der Waals surface area contributed by atoms with Gasteiger partial charge in [-0.2, -0.15) is 5.26 Å². The van der Waals surface area contributed by atoms with Gasteiger partial charge in [-0.25, -0.2) is 0 Å². The van der Waals surface area contributed by atoms with Crippen molar-refractivity contribution in [1.82, 2.24) is 5.32 Å². The van der Waals surface area contributed by atoms with Crippen LogP contribution in [0.15, 0.2) is 18.2 Å². The normalized spacial score (nSPS) is 22.3. The van der Waals surface area contributed by atoms with Gasteiger partial charge >= 0.3 is 0 Å². The molecule has 96 valence electrons. The van der Waals surface area contributed by atoms with Crippen molar-refractivity contribution in [3.8, 4) is 6.07 Å². The minimum absolute atomic E-state index is 0.0315. The summed E-state index contributed by atoms with van der Waals surface area (Å²) in [6, 6.07) is 8.67. The van der Waals surface area contributed by atoms with E-state index in [0.717, 1.165) is 18.0 Å². The smallest absolute Gasteiger partial charge is 0.0666 e. The molecule has 0 heterocycles. The summed E-state index contributed by atoms with van der Waals surface area (Å²) in [7, 11) is 0. The standard InChI is InChI=1S/C15H19ClN2/c1-10(8-17)9-18-14-13-6-12(16)5-4-11(13)7-15(14,2)3/h4-6,10,14,18H,7,9H2,1-3H3. The number of nitrogens with one attached hydrogen (secondary N) is 1. The second-order valence-electron chi connectivity index (χ2n) is 5.88. The summed E-state index contributed by atoms with van der Waals surface area (Å²) < 4.78 is 0. The van der Waals surface area contributed by atoms with Gasteiger partial charge in [-0.15, -0.1) is 0 Å². The van der Waals surface area contributed by atoms with Crippen molar-refractivity contribution in [1.29, 1.82) is 5.26 Å². The Morgan fingerprint density at radius 1 is 1.56 bits per heavy atom. The number of nitrogens with zero attached hydrogens (tertiary/aromatic N) is 1. The van der Waals surface area contributed by atoms with Gasteiger partial charge in [-0.1, -0.05) is 31.5 Å². The number of hydrogen-bond acceptors (Lipinski definition) is 2. The number of halogens is 1. The van der Waals surface area contributed by atoms with E-state index >= 15 is 0 Å². The second-order valence-corrected chi connectivity index (χ2v) is 6.32. The molecule has 0 saturated heterocycles. The molecule has 1 aliphatic carbocycles. The van der Waals surface area contributed by atoms with Gasteiger partial charge in [0.05, 0.1) is 12.0 Å². The fraction of sp³-hybridized carbons (Fsp3) is 0.533. The van der Waals surface area contributed by atoms with E-state index in [1.165, 1.54) is 11.1 Å². The fourth-order valence-corrected chi connectivity index (χ4v) is 2.92. The Bertz CT molecular complexity index is 488. The minimum atomic E-state index is 0.0315. The van der Waals surface area contributed by atoms with Crippen LogP contribution in [0.4, 0.5) is 0 Å². The van der Waals surface area contributed by atoms with Gasteiger partial charge in [-0.3, -0.25) is 0 Å². The average Bonchev–Trinajstić information content (AvgIpc) is 2.56. The third kappa shape index (κ3) is 2.53. The van der Waals surface area contributed by atoms with Gasteiger partial charge in [0, 0.05) is 17.6 Å². The summed E-state index contributed by atoms with van der Waals surface area (Å²) in [4.78, 5) is 0. The summed E-state index contributed by atoms with van der Waals surface area (Å²) in [5.74, 6) is 0.0315. The molecule has 0 bridgehead atoms. The largest absolute Gasteiger partial charge is 0.308 e. The quantitative estimate of drug-likeness (QED) is 0.901. The van der Waals surface area contributed by atoms with E-state index < -0.39 is 0 Å². The lowest BCUT2D eigenvalue weighted by molar-refractivity contribution is 0.265. The van der Waals surface area contributed by atoms with E-state index in [1.807, 2.05) is 13.0 Å². The Balaban J connectivity index is 2.23. The van der Waals surface area contributed by atoms with Gasteiger partial charge in [-0.05, 0) is 42.0 Å². The lowest BCUT2D eigenvalue weighted by Gasteiger charge is -2.29. The number of hydrogen-bond donors (Lipinski definition) is 1. The molecular formula is C15H19ClN2. The number of nitriles is 1. The lowest BCUT2D eigenvalue weighted by atomic mass is 9.85. The highest BCUT2D eigenvalue weighted by atomic mass is 35.5. The minimum Gasteiger partial charge on any atom is -0.308 e. The van der Waals surface area contributed by atoms with Crippen LogP contribution in [-0.2, 0) is 6.42 Å². The molecule has 1 aliphatic rings. The van der Waals surface area contributed by atoms with Crippen LogP contribution in [0.1, 0.15) is 37.9 Å². The zero-order chi connectivity index (χ0) is 13.3. The summed E-state index contributed by atoms with van der Waals surface area (Å²) in [5, 5.41) is 13.2. The van der Waals surface area contributed by atoms with Crippen LogP contribution in [0.3, 0.4) is 0 Å². The molecule has 0 saturated carbocycles. The Morgan fingerprint density at radius 3 is 2.94 bits per heavy atom. The zero-order valence-corrected chi connectivity index (χ0v) is 11.9. The Morgan fingerprint density at radius 2 is 2.28 bits per heavy atom. The average molecular weight is 263 g/mol. The highest BCUT2D eigenvalue weighted by molar-refractivity contribution is 6.30. The Kier molecular flexibility index (Phi) is 3.66. The number of fused-ring (bicyclic) bond motifs is 1. The van der Waals surface area contributed by atoms with E-state index in [9.17, 15) is 0 Å². The second kappa shape index (κ2) is 4.91. The molecule has 18 heavy (non-hydrogen) atoms. The molecule has 3 heteroatoms. The molecular weight excluding hydrogens is 244 g/mol. The van der Waals surface area contributed by atoms with Gasteiger partial charge in [0.15, 0.2) is 0 Å². The first-order chi connectivity index (χ1) is 8.44. The van der Waals surface area contributed by atoms with Gasteiger partial charge in [0.1, 0.15) is 0 Å². The summed E-state index contributed by atoms with van der Waals surface area (Å²) >= 11 is 6.09. The van der Waals surface area contributed by atoms with E-state index in [2.05, 4.69) is 37.4 Å². The molecule has 0 fully saturated rings. The topological polar surface area (TPSA) is 35.8 Å². The van der Waals surface area contributed by atoms with Crippen LogP contribution in [-0.4, -0.2) is 6.54 Å². The predicted molar refractivity (Wildman–Crippen MR) is 74.5 cm³/mol. The molecule has 0 amide bonds. The maximum Gasteiger partial charge on any atom is 0.0666 e. The van der Waals surface area contributed by atoms with Crippen LogP contribution < -0.4 is 5.32 Å². The van der Waals surface area contributed by atoms with E-state index in [-0.39, 0.29) is 17.4 Å². The van der Waals surface area contributed by atoms with Crippen LogP contribution >= 0.6 is 11.6 Å². The summed E-state index contributed by atoms with van der Waals surface area (Å²) in [6.45, 7) is 7.18. The van der Waals surface area contributed by atoms with Crippen molar-refractivity contribution in [3.63, 3.8) is 0 Å². The molecule has 2 unspecified atom stereocenters. The molecule has 1 aromatic carbocycles. The zero-order valence-electron chi connectivity index (χ0n) is 11.1. The van der Waals surface area contributed by atoms with E-state index in [1.54, 1.807) is 0 Å². The number of benzene rings is 1. The van der Waals surface area contributed by atoms with Gasteiger partial charge < -0.3 is 5.32 Å². The van der Waals surface area contributed by atoms with Crippen molar-refractivity contribution < 1.29 is 0 Å². The Labute approximate surface area is 114 Å². The Hall–Kier alpha value is -1.04. The van der Waals surface area contributed by atoms with Crippen LogP contribution in [0.2, 0.25) is 5.02 Å². The lowest BCUT2D eigenvalue weighted by Crippen LogP contribution is -2.33. The third-order valence-electron chi connectivity index (χ3n) is 3.70. The van der Waals surface area contributed by atoms with Crippen LogP contribution in [0, 0.1) is 22.7 Å². The SMILES string of the molecule is CC(C#N)CNC1c2cc(Cl)ccc2CC1(C)C. The molecule has 1 aromatic rings. The van der Waals surface area contributed by atoms with Crippen molar-refractivity contribution in [2.24, 2.45) is 11.3 Å². The van der Waals surface area contributed by atoms with Gasteiger partial charge in [0.2, 0.25) is 0 Å². The summed E-state index contributed by atoms with van der Waals surface area (Å²) in [5.41, 5.74) is 2.83. The highest BCUT2D eigenvalue weighted by Crippen LogP contribution is 2.45. The molecule has 0 spiro atoms. The molecule has 1 N–H and O–H groups in total. The van der Waals surface area contributed by atoms with E-state index in [0.29, 0.717) is 0 Å². The molecule has 0 aromatic heterocycles. The van der Waals surface area contributed by atoms with Crippen LogP contribution in [0.25, 0.3) is 0 Å². The van der Waals surface area contributed by atoms with Crippen LogP contribution in [0.5, 0.6) is 0 Å². The summed E-state index contributed by atoms with van der Waals surface area (Å²) in [6.07, 6.45) is 1.05. The van der Waals surface area contributed by atoms with Crippen molar-refractivity contribution in [2.45, 2.75) is 33.2 Å². The maximum absolute atomic E-state index is 8.87. The molecule has 2 rings (SSSR count).